The third-order valence-corrected chi connectivity index (χ3v) is 5.40. The Kier molecular flexibility index (Phi) is 6.95. The maximum Gasteiger partial charge on any atom is 0.254 e. The topological polar surface area (TPSA) is 79.0 Å². The molecule has 0 saturated carbocycles. The highest BCUT2D eigenvalue weighted by atomic mass is 16.5. The third kappa shape index (κ3) is 5.05. The second-order valence-corrected chi connectivity index (χ2v) is 7.90. The monoisotopic (exact) mass is 423 g/mol. The maximum absolute atomic E-state index is 13.4. The molecular formula is C24H29N3O4. The average molecular weight is 424 g/mol. The zero-order valence-corrected chi connectivity index (χ0v) is 18.5. The van der Waals surface area contributed by atoms with Gasteiger partial charge in [-0.15, -0.1) is 0 Å². The first-order chi connectivity index (χ1) is 14.8. The van der Waals surface area contributed by atoms with E-state index < -0.39 is 6.04 Å². The number of fused-ring (bicyclic) bond motifs is 1. The van der Waals surface area contributed by atoms with Crippen LogP contribution in [0.3, 0.4) is 0 Å². The molecule has 1 N–H and O–H groups in total. The van der Waals surface area contributed by atoms with Gasteiger partial charge in [0.2, 0.25) is 11.8 Å². The summed E-state index contributed by atoms with van der Waals surface area (Å²) in [4.78, 5) is 41.4. The van der Waals surface area contributed by atoms with Gasteiger partial charge in [0.25, 0.3) is 5.91 Å². The van der Waals surface area contributed by atoms with Crippen molar-refractivity contribution in [2.45, 2.75) is 38.8 Å². The first-order valence-corrected chi connectivity index (χ1v) is 10.4. The van der Waals surface area contributed by atoms with Crippen LogP contribution in [0, 0.1) is 0 Å². The summed E-state index contributed by atoms with van der Waals surface area (Å²) < 4.78 is 5.25. The molecule has 1 heterocycles. The van der Waals surface area contributed by atoms with Crippen LogP contribution in [-0.2, 0) is 22.6 Å². The molecule has 0 fully saturated rings. The number of anilines is 1. The van der Waals surface area contributed by atoms with Crippen LogP contribution < -0.4 is 10.1 Å². The second kappa shape index (κ2) is 9.64. The van der Waals surface area contributed by atoms with E-state index in [2.05, 4.69) is 5.32 Å². The van der Waals surface area contributed by atoms with E-state index in [4.69, 9.17) is 4.74 Å². The Bertz CT molecular complexity index is 987. The fourth-order valence-electron chi connectivity index (χ4n) is 3.77. The highest BCUT2D eigenvalue weighted by Gasteiger charge is 2.36. The maximum atomic E-state index is 13.4. The van der Waals surface area contributed by atoms with Gasteiger partial charge in [-0.25, -0.2) is 0 Å². The summed E-state index contributed by atoms with van der Waals surface area (Å²) in [5.74, 6) is 0.190. The molecule has 0 aromatic heterocycles. The van der Waals surface area contributed by atoms with Crippen molar-refractivity contribution < 1.29 is 19.1 Å². The van der Waals surface area contributed by atoms with Crippen LogP contribution >= 0.6 is 0 Å². The number of likely N-dealkylation sites (N-methyl/N-ethyl adjacent to an activating group) is 1. The number of hydrogen-bond donors (Lipinski definition) is 1. The van der Waals surface area contributed by atoms with Crippen LogP contribution in [0.25, 0.3) is 0 Å². The Labute approximate surface area is 183 Å². The van der Waals surface area contributed by atoms with Gasteiger partial charge in [0, 0.05) is 44.7 Å². The predicted octanol–water partition coefficient (Wildman–Crippen LogP) is 3.09. The molecule has 0 unspecified atom stereocenters. The van der Waals surface area contributed by atoms with Gasteiger partial charge in [-0.1, -0.05) is 19.1 Å². The highest BCUT2D eigenvalue weighted by molar-refractivity contribution is 5.98. The molecule has 0 radical (unpaired) electrons. The van der Waals surface area contributed by atoms with Crippen molar-refractivity contribution >= 4 is 23.4 Å². The Morgan fingerprint density at radius 1 is 1.13 bits per heavy atom. The van der Waals surface area contributed by atoms with Gasteiger partial charge in [0.05, 0.1) is 7.11 Å². The summed E-state index contributed by atoms with van der Waals surface area (Å²) in [5, 5.41) is 2.90. The van der Waals surface area contributed by atoms with Crippen molar-refractivity contribution in [1.82, 2.24) is 9.80 Å². The minimum absolute atomic E-state index is 0.0387. The summed E-state index contributed by atoms with van der Waals surface area (Å²) in [7, 11) is 4.93. The molecule has 1 aliphatic heterocycles. The number of carbonyl (C=O) groups is 3. The van der Waals surface area contributed by atoms with Crippen molar-refractivity contribution in [3.8, 4) is 5.75 Å². The normalized spacial score (nSPS) is 15.1. The summed E-state index contributed by atoms with van der Waals surface area (Å²) in [6, 6.07) is 12.0. The van der Waals surface area contributed by atoms with Gasteiger partial charge in [-0.2, -0.15) is 0 Å². The van der Waals surface area contributed by atoms with Crippen molar-refractivity contribution in [3.05, 3.63) is 59.2 Å². The van der Waals surface area contributed by atoms with E-state index >= 15 is 0 Å². The summed E-state index contributed by atoms with van der Waals surface area (Å²) >= 11 is 0. The number of rotatable bonds is 6. The molecule has 0 bridgehead atoms. The molecule has 31 heavy (non-hydrogen) atoms. The number of nitrogens with one attached hydrogen (secondary N) is 1. The Hall–Kier alpha value is -3.35. The van der Waals surface area contributed by atoms with Crippen LogP contribution in [0.15, 0.2) is 42.5 Å². The molecule has 164 valence electrons. The van der Waals surface area contributed by atoms with Crippen molar-refractivity contribution in [3.63, 3.8) is 0 Å². The van der Waals surface area contributed by atoms with Gasteiger partial charge >= 0.3 is 0 Å². The molecule has 2 aromatic rings. The molecule has 3 rings (SSSR count). The zero-order chi connectivity index (χ0) is 22.5. The number of carbonyl (C=O) groups excluding carboxylic acids is 3. The standard InChI is InChI=1S/C24H29N3O4/c1-5-7-22(28)25-19-11-10-16-14-21(24(30)26(2)3)27(15-18(16)12-19)23(29)17-8-6-9-20(13-17)31-4/h6,8-13,21H,5,7,14-15H2,1-4H3,(H,25,28)/t21-/m1/s1. The first kappa shape index (κ1) is 22.3. The molecule has 3 amide bonds. The van der Waals surface area contributed by atoms with Gasteiger partial charge in [-0.05, 0) is 47.9 Å². The lowest BCUT2D eigenvalue weighted by molar-refractivity contribution is -0.134. The molecule has 0 spiro atoms. The quantitative estimate of drug-likeness (QED) is 0.774. The number of amides is 3. The van der Waals surface area contributed by atoms with Crippen LogP contribution in [-0.4, -0.2) is 54.8 Å². The van der Waals surface area contributed by atoms with E-state index in [1.807, 2.05) is 25.1 Å². The van der Waals surface area contributed by atoms with E-state index in [1.165, 1.54) is 4.90 Å². The Morgan fingerprint density at radius 3 is 2.58 bits per heavy atom. The Balaban J connectivity index is 1.94. The molecule has 7 heteroatoms. The van der Waals surface area contributed by atoms with E-state index in [0.29, 0.717) is 29.8 Å². The second-order valence-electron chi connectivity index (χ2n) is 7.90. The van der Waals surface area contributed by atoms with E-state index in [0.717, 1.165) is 17.5 Å². The van der Waals surface area contributed by atoms with E-state index in [1.54, 1.807) is 50.4 Å². The van der Waals surface area contributed by atoms with Gasteiger partial charge < -0.3 is 19.9 Å². The lowest BCUT2D eigenvalue weighted by Gasteiger charge is -2.37. The number of ether oxygens (including phenoxy) is 1. The number of nitrogens with zero attached hydrogens (tertiary/aromatic N) is 2. The number of benzene rings is 2. The minimum Gasteiger partial charge on any atom is -0.497 e. The van der Waals surface area contributed by atoms with Gasteiger partial charge in [0.1, 0.15) is 11.8 Å². The van der Waals surface area contributed by atoms with Crippen molar-refractivity contribution in [2.75, 3.05) is 26.5 Å². The molecule has 0 aliphatic carbocycles. The minimum atomic E-state index is -0.596. The summed E-state index contributed by atoms with van der Waals surface area (Å²) in [6.07, 6.45) is 1.65. The zero-order valence-electron chi connectivity index (χ0n) is 18.5. The number of hydrogen-bond acceptors (Lipinski definition) is 4. The molecule has 7 nitrogen and oxygen atoms in total. The number of methoxy groups -OCH3 is 1. The molecule has 1 aliphatic rings. The summed E-state index contributed by atoms with van der Waals surface area (Å²) in [5.41, 5.74) is 3.09. The molecular weight excluding hydrogens is 394 g/mol. The van der Waals surface area contributed by atoms with Crippen LogP contribution in [0.2, 0.25) is 0 Å². The molecule has 2 aromatic carbocycles. The van der Waals surface area contributed by atoms with Crippen LogP contribution in [0.5, 0.6) is 5.75 Å². The predicted molar refractivity (Wildman–Crippen MR) is 119 cm³/mol. The van der Waals surface area contributed by atoms with Gasteiger partial charge in [-0.3, -0.25) is 14.4 Å². The van der Waals surface area contributed by atoms with Gasteiger partial charge in [0.15, 0.2) is 0 Å². The third-order valence-electron chi connectivity index (χ3n) is 5.40. The van der Waals surface area contributed by atoms with E-state index in [9.17, 15) is 14.4 Å². The highest BCUT2D eigenvalue weighted by Crippen LogP contribution is 2.29. The van der Waals surface area contributed by atoms with Crippen LogP contribution in [0.4, 0.5) is 5.69 Å². The van der Waals surface area contributed by atoms with Crippen molar-refractivity contribution in [1.29, 1.82) is 0 Å². The lowest BCUT2D eigenvalue weighted by atomic mass is 9.92. The fourth-order valence-corrected chi connectivity index (χ4v) is 3.77. The molecule has 0 saturated heterocycles. The smallest absolute Gasteiger partial charge is 0.254 e. The summed E-state index contributed by atoms with van der Waals surface area (Å²) in [6.45, 7) is 2.24. The lowest BCUT2D eigenvalue weighted by Crippen LogP contribution is -2.52. The molecule has 1 atom stereocenters. The largest absolute Gasteiger partial charge is 0.497 e. The average Bonchev–Trinajstić information content (AvgIpc) is 2.77. The van der Waals surface area contributed by atoms with Crippen molar-refractivity contribution in [2.24, 2.45) is 0 Å². The Morgan fingerprint density at radius 2 is 1.90 bits per heavy atom. The fraction of sp³-hybridized carbons (Fsp3) is 0.375. The van der Waals surface area contributed by atoms with E-state index in [-0.39, 0.29) is 24.3 Å². The SMILES string of the molecule is CCCC(=O)Nc1ccc2c(c1)CN(C(=O)c1cccc(OC)c1)[C@@H](C(=O)N(C)C)C2. The first-order valence-electron chi connectivity index (χ1n) is 10.4. The van der Waals surface area contributed by atoms with Crippen LogP contribution in [0.1, 0.15) is 41.3 Å².